The second kappa shape index (κ2) is 8.69. The summed E-state index contributed by atoms with van der Waals surface area (Å²) in [4.78, 5) is 27.1. The summed E-state index contributed by atoms with van der Waals surface area (Å²) in [6, 6.07) is 0.803. The molecule has 7 nitrogen and oxygen atoms in total. The van der Waals surface area contributed by atoms with Crippen molar-refractivity contribution < 1.29 is 4.79 Å². The van der Waals surface area contributed by atoms with E-state index in [4.69, 9.17) is 11.5 Å². The minimum Gasteiger partial charge on any atom is -0.368 e. The summed E-state index contributed by atoms with van der Waals surface area (Å²) < 4.78 is 0. The molecule has 1 aromatic heterocycles. The van der Waals surface area contributed by atoms with Crippen molar-refractivity contribution in [3.63, 3.8) is 0 Å². The molecular formula is C17H28N6OS. The number of amides is 1. The number of rotatable bonds is 5. The van der Waals surface area contributed by atoms with Gasteiger partial charge in [0.2, 0.25) is 17.8 Å². The van der Waals surface area contributed by atoms with Crippen molar-refractivity contribution in [2.75, 3.05) is 17.2 Å². The van der Waals surface area contributed by atoms with E-state index in [-0.39, 0.29) is 17.8 Å². The summed E-state index contributed by atoms with van der Waals surface area (Å²) in [7, 11) is 0. The van der Waals surface area contributed by atoms with Crippen LogP contribution in [-0.2, 0) is 4.79 Å². The molecule has 1 aromatic rings. The van der Waals surface area contributed by atoms with Gasteiger partial charge in [-0.05, 0) is 25.7 Å². The molecule has 1 heterocycles. The van der Waals surface area contributed by atoms with E-state index >= 15 is 0 Å². The lowest BCUT2D eigenvalue weighted by molar-refractivity contribution is -0.135. The van der Waals surface area contributed by atoms with Gasteiger partial charge >= 0.3 is 0 Å². The number of nitrogen functional groups attached to an aromatic ring is 2. The van der Waals surface area contributed by atoms with Crippen LogP contribution in [0, 0.1) is 0 Å². The van der Waals surface area contributed by atoms with Crippen LogP contribution in [0.25, 0.3) is 0 Å². The van der Waals surface area contributed by atoms with E-state index in [0.29, 0.717) is 23.0 Å². The van der Waals surface area contributed by atoms with Gasteiger partial charge in [-0.2, -0.15) is 15.0 Å². The van der Waals surface area contributed by atoms with Crippen molar-refractivity contribution >= 4 is 29.6 Å². The van der Waals surface area contributed by atoms with E-state index in [9.17, 15) is 4.79 Å². The summed E-state index contributed by atoms with van der Waals surface area (Å²) in [5.74, 6) is 0.717. The van der Waals surface area contributed by atoms with Gasteiger partial charge in [0.15, 0.2) is 5.16 Å². The van der Waals surface area contributed by atoms with Crippen molar-refractivity contribution in [2.24, 2.45) is 0 Å². The largest absolute Gasteiger partial charge is 0.368 e. The molecule has 1 amide bonds. The number of anilines is 2. The third kappa shape index (κ3) is 4.96. The molecule has 25 heavy (non-hydrogen) atoms. The lowest BCUT2D eigenvalue weighted by Crippen LogP contribution is -2.49. The van der Waals surface area contributed by atoms with Crippen LogP contribution >= 0.6 is 11.8 Å². The molecule has 0 aromatic carbocycles. The van der Waals surface area contributed by atoms with Crippen LogP contribution < -0.4 is 11.5 Å². The summed E-state index contributed by atoms with van der Waals surface area (Å²) >= 11 is 1.30. The molecule has 0 radical (unpaired) electrons. The summed E-state index contributed by atoms with van der Waals surface area (Å²) in [5.41, 5.74) is 11.2. The minimum absolute atomic E-state index is 0.0962. The SMILES string of the molecule is Nc1nc(N)nc(SCC(=O)N(C2CCCCC2)C2CCCCC2)n1. The third-order valence-electron chi connectivity index (χ3n) is 5.20. The molecule has 0 saturated heterocycles. The van der Waals surface area contributed by atoms with Crippen LogP contribution in [0.4, 0.5) is 11.9 Å². The van der Waals surface area contributed by atoms with Gasteiger partial charge < -0.3 is 16.4 Å². The van der Waals surface area contributed by atoms with E-state index in [1.54, 1.807) is 0 Å². The quantitative estimate of drug-likeness (QED) is 0.772. The van der Waals surface area contributed by atoms with Crippen molar-refractivity contribution in [3.05, 3.63) is 0 Å². The predicted octanol–water partition coefficient (Wildman–Crippen LogP) is 2.62. The Morgan fingerprint density at radius 3 is 1.84 bits per heavy atom. The number of hydrogen-bond acceptors (Lipinski definition) is 7. The average molecular weight is 365 g/mol. The molecule has 0 spiro atoms. The molecule has 0 atom stereocenters. The number of aromatic nitrogens is 3. The Kier molecular flexibility index (Phi) is 6.34. The molecule has 2 saturated carbocycles. The van der Waals surface area contributed by atoms with Gasteiger partial charge in [0, 0.05) is 12.1 Å². The fourth-order valence-electron chi connectivity index (χ4n) is 4.08. The number of carbonyl (C=O) groups is 1. The molecule has 0 unspecified atom stereocenters. The molecule has 2 aliphatic rings. The minimum atomic E-state index is 0.0962. The van der Waals surface area contributed by atoms with Gasteiger partial charge in [-0.15, -0.1) is 0 Å². The maximum Gasteiger partial charge on any atom is 0.233 e. The molecular weight excluding hydrogens is 336 g/mol. The highest BCUT2D eigenvalue weighted by Crippen LogP contribution is 2.31. The van der Waals surface area contributed by atoms with Crippen molar-refractivity contribution in [3.8, 4) is 0 Å². The van der Waals surface area contributed by atoms with Crippen molar-refractivity contribution in [1.82, 2.24) is 19.9 Å². The van der Waals surface area contributed by atoms with Crippen LogP contribution in [-0.4, -0.2) is 43.6 Å². The predicted molar refractivity (Wildman–Crippen MR) is 100.0 cm³/mol. The Balaban J connectivity index is 1.67. The van der Waals surface area contributed by atoms with Gasteiger partial charge in [0.05, 0.1) is 5.75 Å². The smallest absolute Gasteiger partial charge is 0.233 e. The van der Waals surface area contributed by atoms with E-state index < -0.39 is 0 Å². The van der Waals surface area contributed by atoms with Crippen molar-refractivity contribution in [1.29, 1.82) is 0 Å². The molecule has 138 valence electrons. The standard InChI is InChI=1S/C17H28N6OS/c18-15-20-16(19)22-17(21-15)25-11-14(24)23(12-7-3-1-4-8-12)13-9-5-2-6-10-13/h12-13H,1-11H2,(H4,18,19,20,21,22). The second-order valence-corrected chi connectivity index (χ2v) is 7.95. The van der Waals surface area contributed by atoms with Crippen LogP contribution in [0.15, 0.2) is 5.16 Å². The van der Waals surface area contributed by atoms with Crippen LogP contribution in [0.5, 0.6) is 0 Å². The first-order valence-electron chi connectivity index (χ1n) is 9.34. The third-order valence-corrected chi connectivity index (χ3v) is 6.03. The highest BCUT2D eigenvalue weighted by Gasteiger charge is 2.32. The molecule has 0 bridgehead atoms. The fourth-order valence-corrected chi connectivity index (χ4v) is 4.80. The van der Waals surface area contributed by atoms with E-state index in [0.717, 1.165) is 25.7 Å². The highest BCUT2D eigenvalue weighted by atomic mass is 32.2. The zero-order valence-electron chi connectivity index (χ0n) is 14.7. The van der Waals surface area contributed by atoms with Gasteiger partial charge in [-0.25, -0.2) is 0 Å². The van der Waals surface area contributed by atoms with Crippen LogP contribution in [0.3, 0.4) is 0 Å². The zero-order chi connectivity index (χ0) is 17.6. The molecule has 4 N–H and O–H groups in total. The first kappa shape index (κ1) is 18.2. The Morgan fingerprint density at radius 1 is 0.880 bits per heavy atom. The Hall–Kier alpha value is -1.57. The van der Waals surface area contributed by atoms with E-state index in [2.05, 4.69) is 19.9 Å². The number of thioether (sulfide) groups is 1. The summed E-state index contributed by atoms with van der Waals surface area (Å²) in [5, 5.41) is 0.422. The Bertz CT molecular complexity index is 548. The lowest BCUT2D eigenvalue weighted by Gasteiger charge is -2.41. The summed E-state index contributed by atoms with van der Waals surface area (Å²) in [6.45, 7) is 0. The number of nitrogens with zero attached hydrogens (tertiary/aromatic N) is 4. The maximum atomic E-state index is 13.1. The second-order valence-electron chi connectivity index (χ2n) is 7.01. The molecule has 8 heteroatoms. The maximum absolute atomic E-state index is 13.1. The van der Waals surface area contributed by atoms with Crippen molar-refractivity contribution in [2.45, 2.75) is 81.4 Å². The molecule has 0 aliphatic heterocycles. The molecule has 2 fully saturated rings. The summed E-state index contributed by atoms with van der Waals surface area (Å²) in [6.07, 6.45) is 12.1. The zero-order valence-corrected chi connectivity index (χ0v) is 15.5. The molecule has 3 rings (SSSR count). The normalized spacial score (nSPS) is 19.7. The first-order valence-corrected chi connectivity index (χ1v) is 10.3. The average Bonchev–Trinajstić information content (AvgIpc) is 2.61. The van der Waals surface area contributed by atoms with Gasteiger partial charge in [-0.3, -0.25) is 4.79 Å². The van der Waals surface area contributed by atoms with E-state index in [1.165, 1.54) is 50.3 Å². The monoisotopic (exact) mass is 364 g/mol. The van der Waals surface area contributed by atoms with Gasteiger partial charge in [0.25, 0.3) is 0 Å². The van der Waals surface area contributed by atoms with Gasteiger partial charge in [-0.1, -0.05) is 50.3 Å². The number of carbonyl (C=O) groups excluding carboxylic acids is 1. The van der Waals surface area contributed by atoms with Crippen LogP contribution in [0.2, 0.25) is 0 Å². The van der Waals surface area contributed by atoms with E-state index in [1.807, 2.05) is 0 Å². The number of hydrogen-bond donors (Lipinski definition) is 2. The Labute approximate surface area is 153 Å². The topological polar surface area (TPSA) is 111 Å². The molecule has 2 aliphatic carbocycles. The highest BCUT2D eigenvalue weighted by molar-refractivity contribution is 7.99. The Morgan fingerprint density at radius 2 is 1.36 bits per heavy atom. The fraction of sp³-hybridized carbons (Fsp3) is 0.765. The first-order chi connectivity index (χ1) is 12.1. The lowest BCUT2D eigenvalue weighted by atomic mass is 9.88. The van der Waals surface area contributed by atoms with Crippen LogP contribution in [0.1, 0.15) is 64.2 Å². The van der Waals surface area contributed by atoms with Gasteiger partial charge in [0.1, 0.15) is 0 Å². The number of nitrogens with two attached hydrogens (primary N) is 2.